The van der Waals surface area contributed by atoms with Gasteiger partial charge in [0.25, 0.3) is 5.91 Å². The van der Waals surface area contributed by atoms with Crippen molar-refractivity contribution in [2.45, 2.75) is 38.4 Å². The molecule has 1 atom stereocenters. The van der Waals surface area contributed by atoms with Gasteiger partial charge in [0.2, 0.25) is 0 Å². The molecule has 3 heterocycles. The van der Waals surface area contributed by atoms with Crippen molar-refractivity contribution in [2.24, 2.45) is 5.41 Å². The predicted octanol–water partition coefficient (Wildman–Crippen LogP) is 2.49. The molecule has 1 aromatic heterocycles. The third-order valence-electron chi connectivity index (χ3n) is 5.56. The Balaban J connectivity index is 1.50. The molecule has 3 fully saturated rings. The number of halogens is 1. The summed E-state index contributed by atoms with van der Waals surface area (Å²) < 4.78 is 7.57. The van der Waals surface area contributed by atoms with Crippen LogP contribution in [0.5, 0.6) is 0 Å². The number of nitrogens with zero attached hydrogens (tertiary/aromatic N) is 2. The molecule has 7 heteroatoms. The number of aromatic nitrogens is 2. The van der Waals surface area contributed by atoms with Crippen molar-refractivity contribution >= 4 is 17.5 Å². The van der Waals surface area contributed by atoms with Gasteiger partial charge in [0, 0.05) is 12.0 Å². The number of aliphatic hydroxyl groups excluding tert-OH is 1. The molecule has 0 spiro atoms. The molecule has 1 aliphatic carbocycles. The zero-order valence-electron chi connectivity index (χ0n) is 14.8. The van der Waals surface area contributed by atoms with Crippen LogP contribution in [0.15, 0.2) is 30.3 Å². The lowest BCUT2D eigenvalue weighted by Gasteiger charge is -2.42. The van der Waals surface area contributed by atoms with E-state index in [9.17, 15) is 9.90 Å². The molecule has 2 aliphatic heterocycles. The van der Waals surface area contributed by atoms with Crippen LogP contribution in [0, 0.1) is 12.3 Å². The van der Waals surface area contributed by atoms with E-state index < -0.39 is 0 Å². The van der Waals surface area contributed by atoms with Crippen molar-refractivity contribution in [1.29, 1.82) is 0 Å². The Morgan fingerprint density at radius 1 is 1.42 bits per heavy atom. The maximum absolute atomic E-state index is 12.7. The number of aryl methyl sites for hydroxylation is 1. The summed E-state index contributed by atoms with van der Waals surface area (Å²) in [6.07, 6.45) is 1.50. The molecule has 5 rings (SSSR count). The lowest BCUT2D eigenvalue weighted by atomic mass is 9.61. The number of amides is 1. The molecule has 1 amide bonds. The van der Waals surface area contributed by atoms with Crippen LogP contribution in [0.3, 0.4) is 0 Å². The highest BCUT2D eigenvalue weighted by molar-refractivity contribution is 6.33. The fourth-order valence-corrected chi connectivity index (χ4v) is 4.82. The van der Waals surface area contributed by atoms with Gasteiger partial charge >= 0.3 is 0 Å². The first-order valence-corrected chi connectivity index (χ1v) is 9.13. The number of nitrogens with one attached hydrogen (secondary N) is 1. The maximum atomic E-state index is 12.7. The molecule has 1 aromatic carbocycles. The minimum absolute atomic E-state index is 0.0782. The van der Waals surface area contributed by atoms with Crippen LogP contribution in [-0.2, 0) is 4.74 Å². The number of hydrogen-bond donors (Lipinski definition) is 2. The van der Waals surface area contributed by atoms with E-state index >= 15 is 0 Å². The van der Waals surface area contributed by atoms with Gasteiger partial charge in [0.05, 0.1) is 35.3 Å². The van der Waals surface area contributed by atoms with Crippen LogP contribution in [0.2, 0.25) is 5.15 Å². The molecule has 26 heavy (non-hydrogen) atoms. The zero-order valence-corrected chi connectivity index (χ0v) is 15.6. The van der Waals surface area contributed by atoms with Gasteiger partial charge < -0.3 is 15.2 Å². The minimum atomic E-state index is -0.277. The van der Waals surface area contributed by atoms with Gasteiger partial charge in [-0.15, -0.1) is 0 Å². The van der Waals surface area contributed by atoms with Crippen LogP contribution in [0.4, 0.5) is 0 Å². The van der Waals surface area contributed by atoms with Crippen LogP contribution in [0.1, 0.15) is 35.8 Å². The molecule has 1 unspecified atom stereocenters. The van der Waals surface area contributed by atoms with Gasteiger partial charge in [-0.2, -0.15) is 5.10 Å². The number of carbonyl (C=O) groups excluding carboxylic acids is 1. The van der Waals surface area contributed by atoms with Crippen molar-refractivity contribution in [2.75, 3.05) is 13.2 Å². The van der Waals surface area contributed by atoms with Gasteiger partial charge in [-0.05, 0) is 38.8 Å². The third kappa shape index (κ3) is 2.64. The third-order valence-corrected chi connectivity index (χ3v) is 5.91. The standard InChI is InChI=1S/C19H22ClN3O3/c1-12-15(16(20)23(22-12)13-6-4-3-5-7-13)17(25)21-8-14-19(11-24)9-18(2,10-19)26-14/h3-7,14,24H,8-11H2,1-2H3,(H,21,25). The summed E-state index contributed by atoms with van der Waals surface area (Å²) in [6.45, 7) is 4.24. The number of fused-ring (bicyclic) bond motifs is 1. The molecular formula is C19H22ClN3O3. The van der Waals surface area contributed by atoms with E-state index in [4.69, 9.17) is 16.3 Å². The molecule has 6 nitrogen and oxygen atoms in total. The molecular weight excluding hydrogens is 354 g/mol. The molecule has 1 saturated carbocycles. The molecule has 138 valence electrons. The summed E-state index contributed by atoms with van der Waals surface area (Å²) in [5.74, 6) is -0.277. The summed E-state index contributed by atoms with van der Waals surface area (Å²) in [5.41, 5.74) is 1.34. The normalized spacial score (nSPS) is 29.5. The SMILES string of the molecule is Cc1nn(-c2ccccc2)c(Cl)c1C(=O)NCC1OC2(C)CC1(CO)C2. The second-order valence-electron chi connectivity index (χ2n) is 7.64. The Hall–Kier alpha value is -1.89. The van der Waals surface area contributed by atoms with E-state index in [1.165, 1.54) is 0 Å². The average molecular weight is 376 g/mol. The minimum Gasteiger partial charge on any atom is -0.396 e. The largest absolute Gasteiger partial charge is 0.396 e. The Bertz CT molecular complexity index is 843. The maximum Gasteiger partial charge on any atom is 0.256 e. The number of ether oxygens (including phenoxy) is 1. The van der Waals surface area contributed by atoms with Gasteiger partial charge in [0.1, 0.15) is 5.15 Å². The number of carbonyl (C=O) groups is 1. The highest BCUT2D eigenvalue weighted by atomic mass is 35.5. The summed E-state index contributed by atoms with van der Waals surface area (Å²) in [5, 5.41) is 17.3. The zero-order chi connectivity index (χ0) is 18.5. The van der Waals surface area contributed by atoms with Crippen molar-refractivity contribution < 1.29 is 14.6 Å². The lowest BCUT2D eigenvalue weighted by molar-refractivity contribution is -0.0178. The van der Waals surface area contributed by atoms with Gasteiger partial charge in [-0.25, -0.2) is 4.68 Å². The van der Waals surface area contributed by atoms with Crippen LogP contribution >= 0.6 is 11.6 Å². The molecule has 3 aliphatic rings. The number of benzene rings is 1. The fraction of sp³-hybridized carbons (Fsp3) is 0.474. The van der Waals surface area contributed by atoms with Crippen molar-refractivity contribution in [3.63, 3.8) is 0 Å². The van der Waals surface area contributed by atoms with Crippen LogP contribution < -0.4 is 5.32 Å². The smallest absolute Gasteiger partial charge is 0.256 e. The second kappa shape index (κ2) is 6.08. The van der Waals surface area contributed by atoms with E-state index in [0.717, 1.165) is 18.5 Å². The van der Waals surface area contributed by atoms with Crippen molar-refractivity contribution in [3.8, 4) is 5.69 Å². The predicted molar refractivity (Wildman–Crippen MR) is 97.7 cm³/mol. The van der Waals surface area contributed by atoms with E-state index in [1.807, 2.05) is 37.3 Å². The summed E-state index contributed by atoms with van der Waals surface area (Å²) in [7, 11) is 0. The number of aliphatic hydroxyl groups is 1. The Morgan fingerprint density at radius 2 is 2.12 bits per heavy atom. The Labute approximate surface area is 157 Å². The monoisotopic (exact) mass is 375 g/mol. The first-order valence-electron chi connectivity index (χ1n) is 8.75. The topological polar surface area (TPSA) is 76.4 Å². The van der Waals surface area contributed by atoms with Gasteiger partial charge in [-0.3, -0.25) is 4.79 Å². The lowest BCUT2D eigenvalue weighted by Crippen LogP contribution is -2.48. The molecule has 2 bridgehead atoms. The Kier molecular flexibility index (Phi) is 4.10. The fourth-order valence-electron chi connectivity index (χ4n) is 4.46. The number of para-hydroxylation sites is 1. The first-order chi connectivity index (χ1) is 12.4. The van der Waals surface area contributed by atoms with Crippen molar-refractivity contribution in [1.82, 2.24) is 15.1 Å². The van der Waals surface area contributed by atoms with Crippen LogP contribution in [-0.4, -0.2) is 45.7 Å². The first kappa shape index (κ1) is 17.5. The second-order valence-corrected chi connectivity index (χ2v) is 8.00. The quantitative estimate of drug-likeness (QED) is 0.841. The van der Waals surface area contributed by atoms with Gasteiger partial charge in [-0.1, -0.05) is 29.8 Å². The summed E-state index contributed by atoms with van der Waals surface area (Å²) in [6, 6.07) is 9.45. The number of hydrogen-bond acceptors (Lipinski definition) is 4. The van der Waals surface area contributed by atoms with E-state index in [0.29, 0.717) is 17.8 Å². The average Bonchev–Trinajstić information content (AvgIpc) is 3.17. The van der Waals surface area contributed by atoms with E-state index in [2.05, 4.69) is 10.4 Å². The molecule has 2 saturated heterocycles. The van der Waals surface area contributed by atoms with E-state index in [-0.39, 0.29) is 34.8 Å². The van der Waals surface area contributed by atoms with E-state index in [1.54, 1.807) is 11.6 Å². The highest BCUT2D eigenvalue weighted by Crippen LogP contribution is 2.60. The van der Waals surface area contributed by atoms with Gasteiger partial charge in [0.15, 0.2) is 0 Å². The number of rotatable bonds is 5. The van der Waals surface area contributed by atoms with Crippen LogP contribution in [0.25, 0.3) is 5.69 Å². The highest BCUT2D eigenvalue weighted by Gasteiger charge is 2.64. The summed E-state index contributed by atoms with van der Waals surface area (Å²) in [4.78, 5) is 12.7. The molecule has 0 radical (unpaired) electrons. The summed E-state index contributed by atoms with van der Waals surface area (Å²) >= 11 is 6.44. The Morgan fingerprint density at radius 3 is 2.77 bits per heavy atom. The molecule has 2 aromatic rings. The molecule has 2 N–H and O–H groups in total. The van der Waals surface area contributed by atoms with Crippen molar-refractivity contribution in [3.05, 3.63) is 46.7 Å².